The first-order valence-corrected chi connectivity index (χ1v) is 7.74. The van der Waals surface area contributed by atoms with E-state index in [1.807, 2.05) is 26.8 Å². The van der Waals surface area contributed by atoms with Crippen LogP contribution in [0.4, 0.5) is 5.69 Å². The zero-order chi connectivity index (χ0) is 17.4. The minimum absolute atomic E-state index is 0.0656. The van der Waals surface area contributed by atoms with Gasteiger partial charge in [-0.3, -0.25) is 14.5 Å². The highest BCUT2D eigenvalue weighted by Gasteiger charge is 2.14. The number of amides is 2. The Balaban J connectivity index is 2.58. The fourth-order valence-electron chi connectivity index (χ4n) is 1.94. The molecule has 7 heteroatoms. The zero-order valence-corrected chi connectivity index (χ0v) is 14.3. The molecule has 124 valence electrons. The van der Waals surface area contributed by atoms with Crippen molar-refractivity contribution in [1.29, 1.82) is 5.26 Å². The van der Waals surface area contributed by atoms with Gasteiger partial charge in [0.05, 0.1) is 23.7 Å². The monoisotopic (exact) mass is 336 g/mol. The lowest BCUT2D eigenvalue weighted by Gasteiger charge is -2.20. The number of hydrogen-bond acceptors (Lipinski definition) is 4. The van der Waals surface area contributed by atoms with Gasteiger partial charge in [0.15, 0.2) is 0 Å². The molecule has 0 spiro atoms. The summed E-state index contributed by atoms with van der Waals surface area (Å²) in [7, 11) is 0. The van der Waals surface area contributed by atoms with Crippen LogP contribution in [-0.2, 0) is 9.59 Å². The Morgan fingerprint density at radius 2 is 1.96 bits per heavy atom. The maximum Gasteiger partial charge on any atom is 0.238 e. The molecule has 0 bridgehead atoms. The lowest BCUT2D eigenvalue weighted by atomic mass is 10.2. The molecule has 0 aliphatic heterocycles. The van der Waals surface area contributed by atoms with Crippen LogP contribution in [0, 0.1) is 11.3 Å². The average Bonchev–Trinajstić information content (AvgIpc) is 2.45. The summed E-state index contributed by atoms with van der Waals surface area (Å²) < 4.78 is 0. The number of nitrogens with zero attached hydrogens (tertiary/aromatic N) is 2. The van der Waals surface area contributed by atoms with E-state index >= 15 is 0 Å². The third-order valence-corrected chi connectivity index (χ3v) is 3.32. The molecule has 0 saturated carbocycles. The number of carbonyl (C=O) groups is 2. The van der Waals surface area contributed by atoms with Gasteiger partial charge in [-0.1, -0.05) is 18.5 Å². The van der Waals surface area contributed by atoms with Crippen LogP contribution in [-0.4, -0.2) is 42.4 Å². The van der Waals surface area contributed by atoms with Crippen LogP contribution in [0.25, 0.3) is 0 Å². The Morgan fingerprint density at radius 1 is 1.30 bits per heavy atom. The van der Waals surface area contributed by atoms with Crippen LogP contribution in [0.2, 0.25) is 5.02 Å². The minimum Gasteiger partial charge on any atom is -0.353 e. The van der Waals surface area contributed by atoms with E-state index < -0.39 is 0 Å². The van der Waals surface area contributed by atoms with Crippen LogP contribution in [0.1, 0.15) is 26.3 Å². The molecule has 0 fully saturated rings. The van der Waals surface area contributed by atoms with Gasteiger partial charge in [0.2, 0.25) is 11.8 Å². The van der Waals surface area contributed by atoms with Crippen molar-refractivity contribution in [2.45, 2.75) is 26.8 Å². The predicted molar refractivity (Wildman–Crippen MR) is 90.2 cm³/mol. The van der Waals surface area contributed by atoms with Gasteiger partial charge in [0.25, 0.3) is 0 Å². The Hall–Kier alpha value is -2.10. The number of carbonyl (C=O) groups excluding carboxylic acids is 2. The first-order chi connectivity index (χ1) is 10.8. The van der Waals surface area contributed by atoms with Gasteiger partial charge >= 0.3 is 0 Å². The van der Waals surface area contributed by atoms with Gasteiger partial charge in [0.1, 0.15) is 6.07 Å². The van der Waals surface area contributed by atoms with E-state index in [4.69, 9.17) is 16.9 Å². The molecule has 6 nitrogen and oxygen atoms in total. The molecule has 0 aliphatic rings. The molecule has 2 N–H and O–H groups in total. The van der Waals surface area contributed by atoms with Gasteiger partial charge in [-0.2, -0.15) is 5.26 Å². The van der Waals surface area contributed by atoms with Crippen molar-refractivity contribution in [2.75, 3.05) is 25.0 Å². The molecule has 0 atom stereocenters. The van der Waals surface area contributed by atoms with Gasteiger partial charge in [0, 0.05) is 11.7 Å². The molecule has 0 heterocycles. The number of anilines is 1. The highest BCUT2D eigenvalue weighted by atomic mass is 35.5. The number of nitrogens with one attached hydrogen (secondary N) is 2. The van der Waals surface area contributed by atoms with Crippen molar-refractivity contribution < 1.29 is 9.59 Å². The number of hydrogen-bond donors (Lipinski definition) is 2. The Labute approximate surface area is 141 Å². The van der Waals surface area contributed by atoms with E-state index in [9.17, 15) is 9.59 Å². The second-order valence-corrected chi connectivity index (χ2v) is 5.79. The number of halogens is 1. The molecule has 0 unspecified atom stereocenters. The van der Waals surface area contributed by atoms with Crippen molar-refractivity contribution in [2.24, 2.45) is 0 Å². The maximum atomic E-state index is 12.1. The largest absolute Gasteiger partial charge is 0.353 e. The molecular weight excluding hydrogens is 316 g/mol. The lowest BCUT2D eigenvalue weighted by Crippen LogP contribution is -2.42. The van der Waals surface area contributed by atoms with Gasteiger partial charge in [-0.25, -0.2) is 0 Å². The molecule has 23 heavy (non-hydrogen) atoms. The van der Waals surface area contributed by atoms with Crippen molar-refractivity contribution in [3.05, 3.63) is 28.8 Å². The average molecular weight is 337 g/mol. The topological polar surface area (TPSA) is 85.2 Å². The summed E-state index contributed by atoms with van der Waals surface area (Å²) in [6.07, 6.45) is 0. The molecule has 0 radical (unpaired) electrons. The fraction of sp³-hybridized carbons (Fsp3) is 0.438. The highest BCUT2D eigenvalue weighted by Crippen LogP contribution is 2.20. The predicted octanol–water partition coefficient (Wildman–Crippen LogP) is 2.00. The first-order valence-electron chi connectivity index (χ1n) is 7.37. The Morgan fingerprint density at radius 3 is 2.48 bits per heavy atom. The number of benzene rings is 1. The highest BCUT2D eigenvalue weighted by molar-refractivity contribution is 6.32. The molecule has 0 aromatic heterocycles. The maximum absolute atomic E-state index is 12.1. The van der Waals surface area contributed by atoms with Crippen molar-refractivity contribution >= 4 is 29.1 Å². The van der Waals surface area contributed by atoms with Gasteiger partial charge in [-0.15, -0.1) is 0 Å². The van der Waals surface area contributed by atoms with Crippen LogP contribution in [0.5, 0.6) is 0 Å². The quantitative estimate of drug-likeness (QED) is 0.797. The zero-order valence-electron chi connectivity index (χ0n) is 13.5. The first kappa shape index (κ1) is 18.9. The molecule has 1 aromatic rings. The summed E-state index contributed by atoms with van der Waals surface area (Å²) in [4.78, 5) is 25.5. The normalized spacial score (nSPS) is 10.5. The van der Waals surface area contributed by atoms with Crippen LogP contribution < -0.4 is 10.6 Å². The SMILES string of the molecule is CCN(CC(=O)Nc1ccc(C#N)c(Cl)c1)CC(=O)NC(C)C. The molecule has 0 saturated heterocycles. The fourth-order valence-corrected chi connectivity index (χ4v) is 2.16. The number of nitriles is 1. The van der Waals surface area contributed by atoms with Crippen molar-refractivity contribution in [3.8, 4) is 6.07 Å². The van der Waals surface area contributed by atoms with Crippen LogP contribution >= 0.6 is 11.6 Å². The third kappa shape index (κ3) is 6.68. The van der Waals surface area contributed by atoms with E-state index in [1.54, 1.807) is 17.0 Å². The Bertz CT molecular complexity index is 611. The lowest BCUT2D eigenvalue weighted by molar-refractivity contribution is -0.123. The second-order valence-electron chi connectivity index (χ2n) is 5.38. The summed E-state index contributed by atoms with van der Waals surface area (Å²) >= 11 is 5.93. The smallest absolute Gasteiger partial charge is 0.238 e. The van der Waals surface area contributed by atoms with Gasteiger partial charge in [-0.05, 0) is 38.6 Å². The summed E-state index contributed by atoms with van der Waals surface area (Å²) in [5.74, 6) is -0.360. The summed E-state index contributed by atoms with van der Waals surface area (Å²) in [5, 5.41) is 14.6. The van der Waals surface area contributed by atoms with Crippen molar-refractivity contribution in [1.82, 2.24) is 10.2 Å². The minimum atomic E-state index is -0.245. The standard InChI is InChI=1S/C16H21ClN4O2/c1-4-21(9-15(22)19-11(2)3)10-16(23)20-13-6-5-12(8-18)14(17)7-13/h5-7,11H,4,9-10H2,1-3H3,(H,19,22)(H,20,23). The summed E-state index contributed by atoms with van der Waals surface area (Å²) in [6, 6.07) is 6.71. The van der Waals surface area contributed by atoms with E-state index in [0.29, 0.717) is 17.8 Å². The van der Waals surface area contributed by atoms with E-state index in [-0.39, 0.29) is 36.0 Å². The van der Waals surface area contributed by atoms with E-state index in [1.165, 1.54) is 6.07 Å². The second kappa shape index (κ2) is 9.13. The number of likely N-dealkylation sites (N-methyl/N-ethyl adjacent to an activating group) is 1. The Kier molecular flexibility index (Phi) is 7.52. The molecule has 1 aromatic carbocycles. The van der Waals surface area contributed by atoms with Crippen LogP contribution in [0.15, 0.2) is 18.2 Å². The molecule has 0 aliphatic carbocycles. The van der Waals surface area contributed by atoms with E-state index in [0.717, 1.165) is 0 Å². The number of rotatable bonds is 7. The van der Waals surface area contributed by atoms with E-state index in [2.05, 4.69) is 10.6 Å². The summed E-state index contributed by atoms with van der Waals surface area (Å²) in [5.41, 5.74) is 0.867. The third-order valence-electron chi connectivity index (χ3n) is 3.00. The summed E-state index contributed by atoms with van der Waals surface area (Å²) in [6.45, 7) is 6.49. The van der Waals surface area contributed by atoms with Gasteiger partial charge < -0.3 is 10.6 Å². The molecular formula is C16H21ClN4O2. The molecule has 1 rings (SSSR count). The van der Waals surface area contributed by atoms with Crippen LogP contribution in [0.3, 0.4) is 0 Å². The van der Waals surface area contributed by atoms with Crippen molar-refractivity contribution in [3.63, 3.8) is 0 Å². The molecule has 2 amide bonds.